The van der Waals surface area contributed by atoms with Gasteiger partial charge in [0, 0.05) is 12.6 Å². The van der Waals surface area contributed by atoms with Gasteiger partial charge in [0.2, 0.25) is 0 Å². The fraction of sp³-hybridized carbons (Fsp3) is 0.588. The molecule has 0 radical (unpaired) electrons. The van der Waals surface area contributed by atoms with Crippen molar-refractivity contribution in [3.63, 3.8) is 0 Å². The van der Waals surface area contributed by atoms with Crippen LogP contribution in [0.1, 0.15) is 24.8 Å². The molecule has 0 aliphatic carbocycles. The first kappa shape index (κ1) is 15.8. The second kappa shape index (κ2) is 8.02. The highest BCUT2D eigenvalue weighted by molar-refractivity contribution is 5.34. The van der Waals surface area contributed by atoms with Gasteiger partial charge in [-0.1, -0.05) is 0 Å². The average molecular weight is 287 g/mol. The van der Waals surface area contributed by atoms with E-state index in [1.54, 1.807) is 12.1 Å². The molecule has 1 aliphatic rings. The van der Waals surface area contributed by atoms with Crippen molar-refractivity contribution in [2.24, 2.45) is 0 Å². The Morgan fingerprint density at radius 2 is 1.90 bits per heavy atom. The highest BCUT2D eigenvalue weighted by Gasteiger charge is 2.19. The minimum Gasteiger partial charge on any atom is -0.494 e. The minimum absolute atomic E-state index is 0.672. The smallest absolute Gasteiger partial charge is 0.119 e. The van der Waals surface area contributed by atoms with Gasteiger partial charge < -0.3 is 14.5 Å². The summed E-state index contributed by atoms with van der Waals surface area (Å²) in [6.45, 7) is 4.23. The summed E-state index contributed by atoms with van der Waals surface area (Å²) in [5, 5.41) is 8.74. The maximum atomic E-state index is 8.74. The van der Waals surface area contributed by atoms with Crippen molar-refractivity contribution in [2.45, 2.75) is 25.3 Å². The van der Waals surface area contributed by atoms with Gasteiger partial charge in [0.15, 0.2) is 0 Å². The van der Waals surface area contributed by atoms with E-state index < -0.39 is 0 Å². The molecule has 0 atom stereocenters. The Balaban J connectivity index is 1.61. The van der Waals surface area contributed by atoms with Crippen LogP contribution in [-0.2, 0) is 0 Å². The van der Waals surface area contributed by atoms with Gasteiger partial charge in [-0.05, 0) is 70.7 Å². The number of ether oxygens (including phenoxy) is 1. The largest absolute Gasteiger partial charge is 0.494 e. The van der Waals surface area contributed by atoms with E-state index in [-0.39, 0.29) is 0 Å². The first-order chi connectivity index (χ1) is 10.2. The fourth-order valence-corrected chi connectivity index (χ4v) is 2.76. The molecule has 0 N–H and O–H groups in total. The van der Waals surface area contributed by atoms with E-state index in [9.17, 15) is 0 Å². The molecule has 1 aromatic carbocycles. The molecule has 0 bridgehead atoms. The third-order valence-corrected chi connectivity index (χ3v) is 4.16. The van der Waals surface area contributed by atoms with Crippen molar-refractivity contribution in [1.82, 2.24) is 9.80 Å². The second-order valence-corrected chi connectivity index (χ2v) is 5.87. The van der Waals surface area contributed by atoms with E-state index in [0.29, 0.717) is 5.56 Å². The van der Waals surface area contributed by atoms with Gasteiger partial charge in [-0.25, -0.2) is 0 Å². The third-order valence-electron chi connectivity index (χ3n) is 4.16. The predicted octanol–water partition coefficient (Wildman–Crippen LogP) is 2.35. The molecule has 0 aromatic heterocycles. The standard InChI is InChI=1S/C17H25N3O/c1-19(2)16-8-11-20(12-9-16)10-3-13-21-17-6-4-15(14-18)5-7-17/h4-7,16H,3,8-13H2,1-2H3. The van der Waals surface area contributed by atoms with Crippen LogP contribution in [0.15, 0.2) is 24.3 Å². The topological polar surface area (TPSA) is 39.5 Å². The van der Waals surface area contributed by atoms with Gasteiger partial charge >= 0.3 is 0 Å². The quantitative estimate of drug-likeness (QED) is 0.753. The molecular weight excluding hydrogens is 262 g/mol. The number of hydrogen-bond acceptors (Lipinski definition) is 4. The van der Waals surface area contributed by atoms with Gasteiger partial charge in [0.05, 0.1) is 18.2 Å². The monoisotopic (exact) mass is 287 g/mol. The molecule has 1 saturated heterocycles. The lowest BCUT2D eigenvalue weighted by molar-refractivity contribution is 0.138. The molecule has 1 heterocycles. The number of likely N-dealkylation sites (tertiary alicyclic amines) is 1. The number of nitriles is 1. The van der Waals surface area contributed by atoms with Gasteiger partial charge in [-0.15, -0.1) is 0 Å². The number of nitrogens with zero attached hydrogens (tertiary/aromatic N) is 3. The molecular formula is C17H25N3O. The van der Waals surface area contributed by atoms with Crippen LogP contribution in [0.2, 0.25) is 0 Å². The number of benzene rings is 1. The third kappa shape index (κ3) is 5.04. The first-order valence-corrected chi connectivity index (χ1v) is 7.71. The van der Waals surface area contributed by atoms with Crippen LogP contribution in [0.4, 0.5) is 0 Å². The molecule has 1 aromatic rings. The summed E-state index contributed by atoms with van der Waals surface area (Å²) in [6.07, 6.45) is 3.58. The molecule has 0 saturated carbocycles. The van der Waals surface area contributed by atoms with E-state index in [1.807, 2.05) is 12.1 Å². The Morgan fingerprint density at radius 3 is 2.48 bits per heavy atom. The maximum Gasteiger partial charge on any atom is 0.119 e. The SMILES string of the molecule is CN(C)C1CCN(CCCOc2ccc(C#N)cc2)CC1. The number of piperidine rings is 1. The highest BCUT2D eigenvalue weighted by atomic mass is 16.5. The van der Waals surface area contributed by atoms with Gasteiger partial charge in [0.1, 0.15) is 5.75 Å². The van der Waals surface area contributed by atoms with Gasteiger partial charge in [-0.2, -0.15) is 5.26 Å². The fourth-order valence-electron chi connectivity index (χ4n) is 2.76. The normalized spacial score (nSPS) is 16.9. The molecule has 21 heavy (non-hydrogen) atoms. The number of rotatable bonds is 6. The van der Waals surface area contributed by atoms with Crippen molar-refractivity contribution in [3.8, 4) is 11.8 Å². The van der Waals surface area contributed by atoms with Crippen molar-refractivity contribution in [1.29, 1.82) is 5.26 Å². The molecule has 0 amide bonds. The first-order valence-electron chi connectivity index (χ1n) is 7.71. The lowest BCUT2D eigenvalue weighted by Gasteiger charge is -2.35. The Kier molecular flexibility index (Phi) is 6.04. The highest BCUT2D eigenvalue weighted by Crippen LogP contribution is 2.15. The summed E-state index contributed by atoms with van der Waals surface area (Å²) in [6, 6.07) is 10.2. The summed E-state index contributed by atoms with van der Waals surface area (Å²) in [5.74, 6) is 0.848. The van der Waals surface area contributed by atoms with Crippen molar-refractivity contribution >= 4 is 0 Å². The molecule has 0 unspecified atom stereocenters. The summed E-state index contributed by atoms with van der Waals surface area (Å²) >= 11 is 0. The van der Waals surface area contributed by atoms with E-state index in [4.69, 9.17) is 10.00 Å². The molecule has 1 aliphatic heterocycles. The number of hydrogen-bond donors (Lipinski definition) is 0. The average Bonchev–Trinajstić information content (AvgIpc) is 2.52. The molecule has 114 valence electrons. The second-order valence-electron chi connectivity index (χ2n) is 5.87. The zero-order valence-corrected chi connectivity index (χ0v) is 13.1. The Hall–Kier alpha value is -1.57. The van der Waals surface area contributed by atoms with Gasteiger partial charge in [0.25, 0.3) is 0 Å². The molecule has 4 nitrogen and oxygen atoms in total. The van der Waals surface area contributed by atoms with Crippen LogP contribution in [0, 0.1) is 11.3 Å². The van der Waals surface area contributed by atoms with E-state index in [0.717, 1.165) is 31.4 Å². The Labute approximate surface area is 127 Å². The molecule has 2 rings (SSSR count). The van der Waals surface area contributed by atoms with Crippen molar-refractivity contribution < 1.29 is 4.74 Å². The summed E-state index contributed by atoms with van der Waals surface area (Å²) in [5.41, 5.74) is 0.672. The van der Waals surface area contributed by atoms with Crippen LogP contribution in [0.3, 0.4) is 0 Å². The van der Waals surface area contributed by atoms with Crippen molar-refractivity contribution in [3.05, 3.63) is 29.8 Å². The van der Waals surface area contributed by atoms with Crippen molar-refractivity contribution in [2.75, 3.05) is 40.3 Å². The van der Waals surface area contributed by atoms with Crippen LogP contribution in [0.5, 0.6) is 5.75 Å². The van der Waals surface area contributed by atoms with E-state index in [1.165, 1.54) is 25.9 Å². The Bertz CT molecular complexity index is 456. The molecule has 1 fully saturated rings. The zero-order valence-electron chi connectivity index (χ0n) is 13.1. The zero-order chi connectivity index (χ0) is 15.1. The Morgan fingerprint density at radius 1 is 1.24 bits per heavy atom. The lowest BCUT2D eigenvalue weighted by Crippen LogP contribution is -2.42. The van der Waals surface area contributed by atoms with Crippen LogP contribution in [0.25, 0.3) is 0 Å². The lowest BCUT2D eigenvalue weighted by atomic mass is 10.0. The molecule has 0 spiro atoms. The maximum absolute atomic E-state index is 8.74. The van der Waals surface area contributed by atoms with Crippen LogP contribution in [-0.4, -0.2) is 56.2 Å². The summed E-state index contributed by atoms with van der Waals surface area (Å²) in [7, 11) is 4.34. The molecule has 4 heteroatoms. The summed E-state index contributed by atoms with van der Waals surface area (Å²) in [4.78, 5) is 4.87. The van der Waals surface area contributed by atoms with Gasteiger partial charge in [-0.3, -0.25) is 0 Å². The van der Waals surface area contributed by atoms with E-state index in [2.05, 4.69) is 30.0 Å². The van der Waals surface area contributed by atoms with E-state index >= 15 is 0 Å². The summed E-state index contributed by atoms with van der Waals surface area (Å²) < 4.78 is 5.71. The predicted molar refractivity (Wildman–Crippen MR) is 84.4 cm³/mol. The van der Waals surface area contributed by atoms with Crippen LogP contribution >= 0.6 is 0 Å². The van der Waals surface area contributed by atoms with Crippen LogP contribution < -0.4 is 4.74 Å². The minimum atomic E-state index is 0.672.